The molecule has 2 aliphatic heterocycles. The minimum Gasteiger partial charge on any atom is -0.495 e. The van der Waals surface area contributed by atoms with Crippen molar-refractivity contribution in [3.63, 3.8) is 0 Å². The Bertz CT molecular complexity index is 1470. The third kappa shape index (κ3) is 5.64. The first-order chi connectivity index (χ1) is 19.3. The number of amides is 1. The summed E-state index contributed by atoms with van der Waals surface area (Å²) in [6.45, 7) is 10.1. The topological polar surface area (TPSA) is 76.1 Å². The second-order valence-corrected chi connectivity index (χ2v) is 12.9. The molecule has 0 spiro atoms. The van der Waals surface area contributed by atoms with E-state index in [0.717, 1.165) is 18.4 Å². The number of nitrogens with zero attached hydrogens (tertiary/aromatic N) is 1. The molecule has 1 aliphatic carbocycles. The number of carboxylic acids is 1. The molecule has 41 heavy (non-hydrogen) atoms. The summed E-state index contributed by atoms with van der Waals surface area (Å²) in [5, 5.41) is 11.1. The number of fused-ring (bicyclic) bond motifs is 2. The van der Waals surface area contributed by atoms with Crippen molar-refractivity contribution in [1.29, 1.82) is 0 Å². The minimum absolute atomic E-state index is 0.144. The minimum atomic E-state index is -1.30. The molecule has 1 saturated heterocycles. The summed E-state index contributed by atoms with van der Waals surface area (Å²) < 4.78 is 27.4. The maximum Gasteiger partial charge on any atom is 0.337 e. The highest BCUT2D eigenvalue weighted by Crippen LogP contribution is 2.50. The third-order valence-corrected chi connectivity index (χ3v) is 8.44. The number of carboxylic acid groups (broad SMARTS) is 1. The second-order valence-electron chi connectivity index (χ2n) is 12.0. The first-order valence-corrected chi connectivity index (χ1v) is 14.6. The molecule has 2 unspecified atom stereocenters. The molecule has 2 aromatic carbocycles. The molecule has 0 aromatic heterocycles. The average molecular weight is 603 g/mol. The van der Waals surface area contributed by atoms with Gasteiger partial charge in [-0.05, 0) is 105 Å². The van der Waals surface area contributed by atoms with Crippen molar-refractivity contribution in [2.75, 3.05) is 18.1 Å². The molecule has 2 heterocycles. The summed E-state index contributed by atoms with van der Waals surface area (Å²) in [7, 11) is 0. The van der Waals surface area contributed by atoms with Gasteiger partial charge in [0, 0.05) is 39.3 Å². The van der Waals surface area contributed by atoms with Gasteiger partial charge in [0.2, 0.25) is 0 Å². The first kappa shape index (κ1) is 29.6. The Morgan fingerprint density at radius 2 is 1.85 bits per heavy atom. The van der Waals surface area contributed by atoms with Crippen molar-refractivity contribution in [2.45, 2.75) is 65.6 Å². The number of hydrogen-bond donors (Lipinski definition) is 1. The van der Waals surface area contributed by atoms with E-state index in [-0.39, 0.29) is 17.7 Å². The predicted octanol–water partition coefficient (Wildman–Crippen LogP) is 8.09. The van der Waals surface area contributed by atoms with E-state index in [0.29, 0.717) is 68.9 Å². The van der Waals surface area contributed by atoms with Gasteiger partial charge < -0.3 is 19.5 Å². The molecule has 5 rings (SSSR count). The van der Waals surface area contributed by atoms with Crippen LogP contribution in [0.2, 0.25) is 10.0 Å². The lowest BCUT2D eigenvalue weighted by molar-refractivity contribution is -0.160. The molecule has 0 radical (unpaired) electrons. The molecule has 2 aromatic rings. The lowest BCUT2D eigenvalue weighted by Crippen LogP contribution is -2.31. The van der Waals surface area contributed by atoms with E-state index in [2.05, 4.69) is 0 Å². The quantitative estimate of drug-likeness (QED) is 0.375. The third-order valence-electron chi connectivity index (χ3n) is 8.00. The Morgan fingerprint density at radius 3 is 2.49 bits per heavy atom. The lowest BCUT2D eigenvalue weighted by Gasteiger charge is -2.37. The number of carbonyl (C=O) groups excluding carboxylic acids is 1. The maximum atomic E-state index is 15.6. The molecule has 3 atom stereocenters. The maximum absolute atomic E-state index is 15.6. The molecule has 1 fully saturated rings. The highest BCUT2D eigenvalue weighted by molar-refractivity contribution is 6.35. The van der Waals surface area contributed by atoms with E-state index >= 15 is 4.39 Å². The molecular formula is C32H34Cl2FNO5. The number of rotatable bonds is 5. The first-order valence-electron chi connectivity index (χ1n) is 13.9. The number of hydrogen-bond acceptors (Lipinski definition) is 4. The summed E-state index contributed by atoms with van der Waals surface area (Å²) in [6, 6.07) is 6.55. The van der Waals surface area contributed by atoms with Crippen LogP contribution in [0, 0.1) is 18.8 Å². The molecule has 9 heteroatoms. The molecule has 0 bridgehead atoms. The van der Waals surface area contributed by atoms with Crippen LogP contribution in [-0.4, -0.2) is 35.7 Å². The SMILES string of the molecule is Cc1cc2c(c(C3=CC(F)=C4OCCCC4C3C)c1[C@H](OC(C)(C)C)C(=O)O)CCN2C(=O)c1cc(Cl)cc(Cl)c1. The van der Waals surface area contributed by atoms with Crippen LogP contribution in [0.1, 0.15) is 79.3 Å². The highest BCUT2D eigenvalue weighted by Gasteiger charge is 2.41. The van der Waals surface area contributed by atoms with Gasteiger partial charge in [-0.2, -0.15) is 0 Å². The number of ether oxygens (including phenoxy) is 2. The Labute approximate surface area is 249 Å². The Morgan fingerprint density at radius 1 is 1.17 bits per heavy atom. The number of aryl methyl sites for hydroxylation is 1. The van der Waals surface area contributed by atoms with E-state index in [4.69, 9.17) is 32.7 Å². The summed E-state index contributed by atoms with van der Waals surface area (Å²) in [5.41, 5.74) is 3.50. The summed E-state index contributed by atoms with van der Waals surface area (Å²) in [5.74, 6) is -1.78. The van der Waals surface area contributed by atoms with Gasteiger partial charge in [-0.25, -0.2) is 9.18 Å². The fourth-order valence-corrected chi connectivity index (χ4v) is 6.82. The Balaban J connectivity index is 1.73. The van der Waals surface area contributed by atoms with Crippen molar-refractivity contribution in [3.05, 3.63) is 79.8 Å². The van der Waals surface area contributed by atoms with E-state index < -0.39 is 23.5 Å². The van der Waals surface area contributed by atoms with Crippen molar-refractivity contribution in [3.8, 4) is 0 Å². The molecule has 1 amide bonds. The van der Waals surface area contributed by atoms with Crippen molar-refractivity contribution >= 4 is 46.3 Å². The van der Waals surface area contributed by atoms with Gasteiger partial charge in [0.1, 0.15) is 5.76 Å². The largest absolute Gasteiger partial charge is 0.495 e. The molecule has 6 nitrogen and oxygen atoms in total. The zero-order chi connectivity index (χ0) is 29.8. The van der Waals surface area contributed by atoms with E-state index in [1.165, 1.54) is 6.08 Å². The van der Waals surface area contributed by atoms with Crippen LogP contribution in [0.4, 0.5) is 10.1 Å². The normalized spacial score (nSPS) is 21.2. The van der Waals surface area contributed by atoms with Crippen LogP contribution in [0.15, 0.2) is 41.9 Å². The van der Waals surface area contributed by atoms with Crippen LogP contribution in [-0.2, 0) is 20.7 Å². The van der Waals surface area contributed by atoms with Gasteiger partial charge in [0.05, 0.1) is 12.2 Å². The van der Waals surface area contributed by atoms with E-state index in [1.807, 2.05) is 19.9 Å². The summed E-state index contributed by atoms with van der Waals surface area (Å²) >= 11 is 12.4. The van der Waals surface area contributed by atoms with Gasteiger partial charge in [-0.1, -0.05) is 30.1 Å². The number of allylic oxidation sites excluding steroid dienone is 4. The molecule has 0 saturated carbocycles. The van der Waals surface area contributed by atoms with Crippen LogP contribution < -0.4 is 4.90 Å². The Hall–Kier alpha value is -2.87. The van der Waals surface area contributed by atoms with Crippen LogP contribution in [0.3, 0.4) is 0 Å². The van der Waals surface area contributed by atoms with Gasteiger partial charge in [0.25, 0.3) is 5.91 Å². The number of anilines is 1. The predicted molar refractivity (Wildman–Crippen MR) is 158 cm³/mol. The van der Waals surface area contributed by atoms with Crippen molar-refractivity contribution < 1.29 is 28.6 Å². The Kier molecular flexibility index (Phi) is 8.01. The average Bonchev–Trinajstić information content (AvgIpc) is 3.30. The lowest BCUT2D eigenvalue weighted by atomic mass is 9.73. The molecule has 218 valence electrons. The zero-order valence-corrected chi connectivity index (χ0v) is 25.3. The fourth-order valence-electron chi connectivity index (χ4n) is 6.30. The van der Waals surface area contributed by atoms with Crippen LogP contribution in [0.25, 0.3) is 5.57 Å². The fraction of sp³-hybridized carbons (Fsp3) is 0.438. The van der Waals surface area contributed by atoms with Crippen molar-refractivity contribution in [2.24, 2.45) is 11.8 Å². The van der Waals surface area contributed by atoms with E-state index in [9.17, 15) is 14.7 Å². The molecule has 1 N–H and O–H groups in total. The highest BCUT2D eigenvalue weighted by atomic mass is 35.5. The molecular weight excluding hydrogens is 568 g/mol. The number of carbonyl (C=O) groups is 2. The van der Waals surface area contributed by atoms with Crippen molar-refractivity contribution in [1.82, 2.24) is 0 Å². The van der Waals surface area contributed by atoms with Crippen LogP contribution >= 0.6 is 23.2 Å². The van der Waals surface area contributed by atoms with Gasteiger partial charge >= 0.3 is 5.97 Å². The van der Waals surface area contributed by atoms with Gasteiger partial charge in [-0.15, -0.1) is 0 Å². The summed E-state index contributed by atoms with van der Waals surface area (Å²) in [6.07, 6.45) is 2.23. The number of aliphatic carboxylic acids is 1. The smallest absolute Gasteiger partial charge is 0.337 e. The summed E-state index contributed by atoms with van der Waals surface area (Å²) in [4.78, 5) is 28.1. The number of benzene rings is 2. The second kappa shape index (κ2) is 11.1. The number of halogens is 3. The molecule has 3 aliphatic rings. The monoisotopic (exact) mass is 601 g/mol. The zero-order valence-electron chi connectivity index (χ0n) is 23.8. The van der Waals surface area contributed by atoms with Gasteiger partial charge in [-0.3, -0.25) is 4.79 Å². The standard InChI is InChI=1S/C32H34Cl2FNO5/c1-16-11-25-22(8-9-36(25)30(37)18-12-19(33)14-20(34)13-18)27(26(16)29(31(38)39)41-32(3,4)5)23-15-24(35)28-21(17(23)2)7-6-10-40-28/h11-15,17,21,29H,6-10H2,1-5H3,(H,38,39)/t17?,21?,29-/m0/s1. The van der Waals surface area contributed by atoms with Crippen LogP contribution in [0.5, 0.6) is 0 Å². The van der Waals surface area contributed by atoms with Gasteiger partial charge in [0.15, 0.2) is 11.9 Å². The van der Waals surface area contributed by atoms with E-state index in [1.54, 1.807) is 43.9 Å².